The Labute approximate surface area is 166 Å². The van der Waals surface area contributed by atoms with Crippen LogP contribution in [0.5, 0.6) is 5.75 Å². The topological polar surface area (TPSA) is 145 Å². The smallest absolute Gasteiger partial charge is 0.328 e. The second kappa shape index (κ2) is 10.5. The van der Waals surface area contributed by atoms with Gasteiger partial charge >= 0.3 is 11.9 Å². The van der Waals surface area contributed by atoms with Gasteiger partial charge in [-0.15, -0.1) is 5.10 Å². The lowest BCUT2D eigenvalue weighted by molar-refractivity contribution is -0.143. The molecule has 0 fully saturated rings. The normalized spacial score (nSPS) is 11.8. The number of nitrogens with zero attached hydrogens (tertiary/aromatic N) is 4. The number of hydrogen-bond donors (Lipinski definition) is 2. The third-order valence-corrected chi connectivity index (χ3v) is 3.74. The zero-order valence-corrected chi connectivity index (χ0v) is 15.9. The minimum Gasteiger partial charge on any atom is -0.508 e. The first-order valence-corrected chi connectivity index (χ1v) is 8.57. The summed E-state index contributed by atoms with van der Waals surface area (Å²) in [5.74, 6) is -1.70. The van der Waals surface area contributed by atoms with E-state index in [9.17, 15) is 19.5 Å². The summed E-state index contributed by atoms with van der Waals surface area (Å²) in [6, 6.07) is 5.59. The largest absolute Gasteiger partial charge is 0.508 e. The summed E-state index contributed by atoms with van der Waals surface area (Å²) in [4.78, 5) is 39.7. The van der Waals surface area contributed by atoms with E-state index < -0.39 is 23.9 Å². The van der Waals surface area contributed by atoms with E-state index in [2.05, 4.69) is 25.4 Å². The molecule has 11 nitrogen and oxygen atoms in total. The van der Waals surface area contributed by atoms with Crippen molar-refractivity contribution in [2.24, 2.45) is 4.99 Å². The quantitative estimate of drug-likeness (QED) is 0.437. The summed E-state index contributed by atoms with van der Waals surface area (Å²) in [5.41, 5.74) is 0.636. The number of aromatic nitrogens is 3. The number of methoxy groups -OCH3 is 2. The van der Waals surface area contributed by atoms with Gasteiger partial charge in [0.25, 0.3) is 5.91 Å². The maximum atomic E-state index is 12.3. The third kappa shape index (κ3) is 6.72. The number of ether oxygens (including phenoxy) is 2. The summed E-state index contributed by atoms with van der Waals surface area (Å²) >= 11 is 0. The average Bonchev–Trinajstić information content (AvgIpc) is 3.18. The van der Waals surface area contributed by atoms with Crippen molar-refractivity contribution in [3.8, 4) is 5.75 Å². The van der Waals surface area contributed by atoms with Crippen LogP contribution in [0.15, 0.2) is 35.5 Å². The Kier molecular flexibility index (Phi) is 7.83. The number of phenols is 1. The van der Waals surface area contributed by atoms with Crippen molar-refractivity contribution in [1.29, 1.82) is 0 Å². The van der Waals surface area contributed by atoms with Gasteiger partial charge in [-0.3, -0.25) is 14.6 Å². The molecule has 2 N–H and O–H groups in total. The number of carbonyl (C=O) groups is 3. The molecule has 1 atom stereocenters. The Hall–Kier alpha value is -3.76. The summed E-state index contributed by atoms with van der Waals surface area (Å²) in [6.07, 6.45) is 3.00. The van der Waals surface area contributed by atoms with Gasteiger partial charge in [0.05, 0.1) is 20.4 Å². The molecule has 1 amide bonds. The Morgan fingerprint density at radius 1 is 1.31 bits per heavy atom. The molecule has 0 bridgehead atoms. The first-order chi connectivity index (χ1) is 13.9. The Morgan fingerprint density at radius 2 is 2.10 bits per heavy atom. The lowest BCUT2D eigenvalue weighted by atomic mass is 10.2. The second-order valence-corrected chi connectivity index (χ2v) is 5.85. The van der Waals surface area contributed by atoms with Crippen LogP contribution in [0.1, 0.15) is 22.5 Å². The number of benzene rings is 1. The number of aliphatic imine (C=N–C) groups is 1. The SMILES string of the molecule is COC(=O)Cn1cc(C(=O)NC(CC/N=C/c2cccc(O)c2)C(=O)OC)nn1. The molecule has 0 saturated carbocycles. The van der Waals surface area contributed by atoms with E-state index in [-0.39, 0.29) is 31.0 Å². The van der Waals surface area contributed by atoms with Crippen LogP contribution < -0.4 is 5.32 Å². The van der Waals surface area contributed by atoms with Crippen LogP contribution in [0, 0.1) is 0 Å². The van der Waals surface area contributed by atoms with Crippen LogP contribution >= 0.6 is 0 Å². The monoisotopic (exact) mass is 403 g/mol. The van der Waals surface area contributed by atoms with E-state index in [1.165, 1.54) is 20.4 Å². The third-order valence-electron chi connectivity index (χ3n) is 3.74. The van der Waals surface area contributed by atoms with Crippen molar-refractivity contribution in [3.63, 3.8) is 0 Å². The Bertz CT molecular complexity index is 894. The zero-order valence-electron chi connectivity index (χ0n) is 15.9. The van der Waals surface area contributed by atoms with Crippen molar-refractivity contribution >= 4 is 24.1 Å². The summed E-state index contributed by atoms with van der Waals surface area (Å²) in [5, 5.41) is 19.3. The molecule has 29 heavy (non-hydrogen) atoms. The predicted octanol–water partition coefficient (Wildman–Crippen LogP) is -0.0627. The van der Waals surface area contributed by atoms with Crippen molar-refractivity contribution in [1.82, 2.24) is 20.3 Å². The second-order valence-electron chi connectivity index (χ2n) is 5.85. The maximum absolute atomic E-state index is 12.3. The standard InChI is InChI=1S/C18H21N5O6/c1-28-16(25)11-23-10-15(21-22-23)17(26)20-14(18(27)29-2)6-7-19-9-12-4-3-5-13(24)8-12/h3-5,8-10,14,24H,6-7,11H2,1-2H3,(H,20,26)/b19-9+. The maximum Gasteiger partial charge on any atom is 0.328 e. The molecule has 0 aliphatic heterocycles. The first-order valence-electron chi connectivity index (χ1n) is 8.57. The number of esters is 2. The molecule has 1 aromatic carbocycles. The summed E-state index contributed by atoms with van der Waals surface area (Å²) < 4.78 is 10.4. The van der Waals surface area contributed by atoms with E-state index in [1.807, 2.05) is 0 Å². The lowest BCUT2D eigenvalue weighted by Crippen LogP contribution is -2.42. The van der Waals surface area contributed by atoms with Gasteiger partial charge in [-0.05, 0) is 24.1 Å². The predicted molar refractivity (Wildman–Crippen MR) is 100 cm³/mol. The Morgan fingerprint density at radius 3 is 2.79 bits per heavy atom. The van der Waals surface area contributed by atoms with E-state index in [4.69, 9.17) is 4.74 Å². The number of carbonyl (C=O) groups excluding carboxylic acids is 3. The van der Waals surface area contributed by atoms with E-state index in [0.717, 1.165) is 4.68 Å². The van der Waals surface area contributed by atoms with Gasteiger partial charge in [0, 0.05) is 12.8 Å². The molecule has 0 aliphatic carbocycles. The fraction of sp³-hybridized carbons (Fsp3) is 0.333. The highest BCUT2D eigenvalue weighted by Crippen LogP contribution is 2.09. The van der Waals surface area contributed by atoms with Crippen LogP contribution in [0.25, 0.3) is 0 Å². The molecular weight excluding hydrogens is 382 g/mol. The highest BCUT2D eigenvalue weighted by Gasteiger charge is 2.23. The average molecular weight is 403 g/mol. The molecule has 1 aromatic heterocycles. The van der Waals surface area contributed by atoms with Gasteiger partial charge in [-0.2, -0.15) is 0 Å². The zero-order chi connectivity index (χ0) is 21.2. The van der Waals surface area contributed by atoms with E-state index in [0.29, 0.717) is 5.56 Å². The number of phenolic OH excluding ortho intramolecular Hbond substituents is 1. The Balaban J connectivity index is 1.95. The van der Waals surface area contributed by atoms with E-state index in [1.54, 1.807) is 30.5 Å². The minimum absolute atomic E-state index is 0.0638. The number of amides is 1. The van der Waals surface area contributed by atoms with Gasteiger partial charge in [0.2, 0.25) is 0 Å². The molecule has 0 radical (unpaired) electrons. The van der Waals surface area contributed by atoms with Crippen molar-refractivity contribution < 1.29 is 29.0 Å². The van der Waals surface area contributed by atoms with E-state index >= 15 is 0 Å². The molecule has 0 saturated heterocycles. The van der Waals surface area contributed by atoms with Crippen LogP contribution in [-0.4, -0.2) is 71.0 Å². The molecule has 2 rings (SSSR count). The summed E-state index contributed by atoms with van der Waals surface area (Å²) in [6.45, 7) is 0.0334. The fourth-order valence-corrected chi connectivity index (χ4v) is 2.28. The van der Waals surface area contributed by atoms with Crippen LogP contribution in [0.3, 0.4) is 0 Å². The first kappa shape index (κ1) is 21.5. The van der Waals surface area contributed by atoms with Gasteiger partial charge in [-0.25, -0.2) is 9.48 Å². The molecular formula is C18H21N5O6. The van der Waals surface area contributed by atoms with Crippen molar-refractivity contribution in [2.45, 2.75) is 19.0 Å². The number of nitrogens with one attached hydrogen (secondary N) is 1. The molecule has 2 aromatic rings. The van der Waals surface area contributed by atoms with Crippen molar-refractivity contribution in [2.75, 3.05) is 20.8 Å². The molecule has 1 heterocycles. The van der Waals surface area contributed by atoms with Gasteiger partial charge in [-0.1, -0.05) is 17.3 Å². The van der Waals surface area contributed by atoms with Crippen LogP contribution in [0.4, 0.5) is 0 Å². The molecule has 0 aliphatic rings. The molecule has 154 valence electrons. The lowest BCUT2D eigenvalue weighted by Gasteiger charge is -2.14. The van der Waals surface area contributed by atoms with Gasteiger partial charge in [0.15, 0.2) is 5.69 Å². The molecule has 11 heteroatoms. The van der Waals surface area contributed by atoms with Gasteiger partial charge < -0.3 is 19.9 Å². The number of aromatic hydroxyl groups is 1. The molecule has 1 unspecified atom stereocenters. The molecule has 0 spiro atoms. The highest BCUT2D eigenvalue weighted by molar-refractivity contribution is 5.95. The van der Waals surface area contributed by atoms with Crippen LogP contribution in [0.2, 0.25) is 0 Å². The fourth-order valence-electron chi connectivity index (χ4n) is 2.28. The number of rotatable bonds is 9. The summed E-state index contributed by atoms with van der Waals surface area (Å²) in [7, 11) is 2.45. The van der Waals surface area contributed by atoms with Crippen molar-refractivity contribution in [3.05, 3.63) is 41.7 Å². The highest BCUT2D eigenvalue weighted by atomic mass is 16.5. The minimum atomic E-state index is -0.945. The van der Waals surface area contributed by atoms with Crippen LogP contribution in [-0.2, 0) is 25.6 Å². The number of hydrogen-bond acceptors (Lipinski definition) is 9. The van der Waals surface area contributed by atoms with Gasteiger partial charge in [0.1, 0.15) is 18.3 Å².